The first-order valence-electron chi connectivity index (χ1n) is 5.22. The largest absolute Gasteiger partial charge is 0.391 e. The van der Waals surface area contributed by atoms with Crippen LogP contribution in [0.1, 0.15) is 19.3 Å². The molecular weight excluding hydrogens is 254 g/mol. The zero-order valence-electron chi connectivity index (χ0n) is 9.49. The highest BCUT2D eigenvalue weighted by molar-refractivity contribution is 7.89. The smallest absolute Gasteiger partial charge is 0.211 e. The number of sulfonamides is 1. The lowest BCUT2D eigenvalue weighted by Gasteiger charge is -2.10. The topological polar surface area (TPSA) is 75.6 Å². The summed E-state index contributed by atoms with van der Waals surface area (Å²) in [6.45, 7) is 0.446. The minimum atomic E-state index is -3.23. The molecule has 0 fully saturated rings. The molecule has 1 atom stereocenters. The third-order valence-corrected chi connectivity index (χ3v) is 3.69. The molecule has 1 unspecified atom stereocenters. The molecule has 0 radical (unpaired) electrons. The lowest BCUT2D eigenvalue weighted by molar-refractivity contribution is 0.0603. The van der Waals surface area contributed by atoms with Crippen LogP contribution in [-0.2, 0) is 14.8 Å². The van der Waals surface area contributed by atoms with Crippen LogP contribution >= 0.6 is 11.6 Å². The normalized spacial score (nSPS) is 13.9. The van der Waals surface area contributed by atoms with Crippen LogP contribution in [0.4, 0.5) is 0 Å². The molecule has 0 saturated carbocycles. The van der Waals surface area contributed by atoms with Crippen LogP contribution in [0.2, 0.25) is 0 Å². The number of unbranched alkanes of at least 4 members (excludes halogenated alkanes) is 1. The van der Waals surface area contributed by atoms with Crippen molar-refractivity contribution in [3.8, 4) is 0 Å². The maximum atomic E-state index is 11.4. The molecule has 0 aliphatic carbocycles. The Balaban J connectivity index is 3.65. The molecule has 0 aliphatic heterocycles. The first-order valence-corrected chi connectivity index (χ1v) is 7.41. The van der Waals surface area contributed by atoms with Gasteiger partial charge in [0.25, 0.3) is 0 Å². The summed E-state index contributed by atoms with van der Waals surface area (Å²) in [5.41, 5.74) is 0. The number of aliphatic hydroxyl groups is 1. The Labute approximate surface area is 102 Å². The number of aliphatic hydroxyl groups excluding tert-OH is 1. The summed E-state index contributed by atoms with van der Waals surface area (Å²) in [5, 5.41) is 9.28. The average Bonchev–Trinajstić information content (AvgIpc) is 2.18. The van der Waals surface area contributed by atoms with E-state index < -0.39 is 16.1 Å². The monoisotopic (exact) mass is 273 g/mol. The summed E-state index contributed by atoms with van der Waals surface area (Å²) in [7, 11) is -1.74. The van der Waals surface area contributed by atoms with Crippen LogP contribution in [0.15, 0.2) is 0 Å². The van der Waals surface area contributed by atoms with E-state index in [0.29, 0.717) is 25.1 Å². The molecule has 0 aromatic heterocycles. The molecule has 0 aromatic rings. The number of methoxy groups -OCH3 is 1. The van der Waals surface area contributed by atoms with Crippen molar-refractivity contribution in [2.24, 2.45) is 0 Å². The fraction of sp³-hybridized carbons (Fsp3) is 1.00. The van der Waals surface area contributed by atoms with Crippen LogP contribution in [-0.4, -0.2) is 51.5 Å². The molecule has 0 amide bonds. The van der Waals surface area contributed by atoms with Crippen molar-refractivity contribution in [3.63, 3.8) is 0 Å². The van der Waals surface area contributed by atoms with Crippen LogP contribution < -0.4 is 4.72 Å². The van der Waals surface area contributed by atoms with Gasteiger partial charge in [0.2, 0.25) is 10.0 Å². The second-order valence-electron chi connectivity index (χ2n) is 3.51. The highest BCUT2D eigenvalue weighted by atomic mass is 35.5. The minimum Gasteiger partial charge on any atom is -0.391 e. The number of alkyl halides is 1. The zero-order valence-corrected chi connectivity index (χ0v) is 11.1. The summed E-state index contributed by atoms with van der Waals surface area (Å²) in [6.07, 6.45) is 0.965. The minimum absolute atomic E-state index is 0.0834. The van der Waals surface area contributed by atoms with E-state index >= 15 is 0 Å². The molecule has 0 rings (SSSR count). The van der Waals surface area contributed by atoms with Crippen LogP contribution in [0.3, 0.4) is 0 Å². The van der Waals surface area contributed by atoms with Crippen molar-refractivity contribution in [2.75, 3.05) is 31.9 Å². The fourth-order valence-corrected chi connectivity index (χ4v) is 2.46. The molecular formula is C9H20ClNO4S. The van der Waals surface area contributed by atoms with E-state index in [1.54, 1.807) is 0 Å². The third kappa shape index (κ3) is 9.35. The van der Waals surface area contributed by atoms with Gasteiger partial charge in [0, 0.05) is 19.5 Å². The van der Waals surface area contributed by atoms with Crippen molar-refractivity contribution in [2.45, 2.75) is 25.4 Å². The van der Waals surface area contributed by atoms with E-state index in [9.17, 15) is 13.5 Å². The van der Waals surface area contributed by atoms with Crippen molar-refractivity contribution in [1.82, 2.24) is 4.72 Å². The van der Waals surface area contributed by atoms with E-state index in [2.05, 4.69) is 4.72 Å². The Morgan fingerprint density at radius 2 is 2.12 bits per heavy atom. The van der Waals surface area contributed by atoms with Gasteiger partial charge in [-0.05, 0) is 19.3 Å². The van der Waals surface area contributed by atoms with Crippen LogP contribution in [0.5, 0.6) is 0 Å². The molecule has 2 N–H and O–H groups in total. The van der Waals surface area contributed by atoms with Crippen molar-refractivity contribution in [1.29, 1.82) is 0 Å². The third-order valence-electron chi connectivity index (χ3n) is 1.96. The van der Waals surface area contributed by atoms with Gasteiger partial charge in [-0.25, -0.2) is 13.1 Å². The maximum Gasteiger partial charge on any atom is 0.211 e. The van der Waals surface area contributed by atoms with Crippen molar-refractivity contribution >= 4 is 21.6 Å². The number of halogens is 1. The van der Waals surface area contributed by atoms with Gasteiger partial charge < -0.3 is 9.84 Å². The molecule has 0 spiro atoms. The van der Waals surface area contributed by atoms with Gasteiger partial charge in [-0.2, -0.15) is 0 Å². The lowest BCUT2D eigenvalue weighted by Crippen LogP contribution is -2.30. The molecule has 0 saturated heterocycles. The molecule has 98 valence electrons. The van der Waals surface area contributed by atoms with E-state index in [1.165, 1.54) is 7.11 Å². The first-order chi connectivity index (χ1) is 7.52. The number of nitrogens with one attached hydrogen (secondary N) is 1. The maximum absolute atomic E-state index is 11.4. The standard InChI is InChI=1S/C9H20ClNO4S/c1-15-8-9(12)4-6-11-16(13,14)7-3-2-5-10/h9,11-12H,2-8H2,1H3. The Morgan fingerprint density at radius 3 is 2.69 bits per heavy atom. The molecule has 0 aromatic carbocycles. The lowest BCUT2D eigenvalue weighted by atomic mass is 10.3. The fourth-order valence-electron chi connectivity index (χ4n) is 1.12. The summed E-state index contributed by atoms with van der Waals surface area (Å²) in [6, 6.07) is 0. The molecule has 0 heterocycles. The number of hydrogen-bond donors (Lipinski definition) is 2. The second-order valence-corrected chi connectivity index (χ2v) is 5.81. The van der Waals surface area contributed by atoms with Crippen molar-refractivity contribution in [3.05, 3.63) is 0 Å². The van der Waals surface area contributed by atoms with Crippen molar-refractivity contribution < 1.29 is 18.3 Å². The zero-order chi connectivity index (χ0) is 12.4. The van der Waals surface area contributed by atoms with Gasteiger partial charge in [-0.15, -0.1) is 11.6 Å². The SMILES string of the molecule is COCC(O)CCNS(=O)(=O)CCCCCl. The predicted molar refractivity (Wildman–Crippen MR) is 64.2 cm³/mol. The summed E-state index contributed by atoms with van der Waals surface area (Å²) in [5.74, 6) is 0.558. The summed E-state index contributed by atoms with van der Waals surface area (Å²) in [4.78, 5) is 0. The van der Waals surface area contributed by atoms with E-state index in [-0.39, 0.29) is 18.9 Å². The second kappa shape index (κ2) is 9.18. The van der Waals surface area contributed by atoms with Gasteiger partial charge >= 0.3 is 0 Å². The van der Waals surface area contributed by atoms with Gasteiger partial charge in [-0.1, -0.05) is 0 Å². The average molecular weight is 274 g/mol. The van der Waals surface area contributed by atoms with E-state index in [0.717, 1.165) is 0 Å². The number of rotatable bonds is 10. The first kappa shape index (κ1) is 16.1. The molecule has 7 heteroatoms. The molecule has 0 bridgehead atoms. The highest BCUT2D eigenvalue weighted by Gasteiger charge is 2.10. The molecule has 16 heavy (non-hydrogen) atoms. The Kier molecular flexibility index (Phi) is 9.25. The van der Waals surface area contributed by atoms with E-state index in [4.69, 9.17) is 16.3 Å². The van der Waals surface area contributed by atoms with E-state index in [1.807, 2.05) is 0 Å². The quantitative estimate of drug-likeness (QED) is 0.444. The summed E-state index contributed by atoms with van der Waals surface area (Å²) >= 11 is 5.45. The molecule has 5 nitrogen and oxygen atoms in total. The Hall–Kier alpha value is 0.120. The van der Waals surface area contributed by atoms with Gasteiger partial charge in [0.15, 0.2) is 0 Å². The number of ether oxygens (including phenoxy) is 1. The van der Waals surface area contributed by atoms with Crippen LogP contribution in [0, 0.1) is 0 Å². The number of hydrogen-bond acceptors (Lipinski definition) is 4. The Morgan fingerprint density at radius 1 is 1.44 bits per heavy atom. The summed E-state index contributed by atoms with van der Waals surface area (Å²) < 4.78 is 29.9. The highest BCUT2D eigenvalue weighted by Crippen LogP contribution is 1.97. The van der Waals surface area contributed by atoms with Gasteiger partial charge in [0.1, 0.15) is 0 Å². The molecule has 0 aliphatic rings. The van der Waals surface area contributed by atoms with Crippen LogP contribution in [0.25, 0.3) is 0 Å². The van der Waals surface area contributed by atoms with Gasteiger partial charge in [-0.3, -0.25) is 0 Å². The Bertz CT molecular complexity index is 258. The van der Waals surface area contributed by atoms with Gasteiger partial charge in [0.05, 0.1) is 18.5 Å². The predicted octanol–water partition coefficient (Wildman–Crippen LogP) is 0.322.